The van der Waals surface area contributed by atoms with Gasteiger partial charge in [0.05, 0.1) is 0 Å². The highest BCUT2D eigenvalue weighted by molar-refractivity contribution is 5.81. The summed E-state index contributed by atoms with van der Waals surface area (Å²) >= 11 is 0. The zero-order valence-corrected chi connectivity index (χ0v) is 21.4. The third-order valence-corrected chi connectivity index (χ3v) is 4.25. The van der Waals surface area contributed by atoms with Gasteiger partial charge in [0.1, 0.15) is 0 Å². The second-order valence-electron chi connectivity index (χ2n) is 5.90. The molecular weight excluding hydrogens is 384 g/mol. The monoisotopic (exact) mass is 426 g/mol. The van der Waals surface area contributed by atoms with Crippen molar-refractivity contribution >= 4 is 0 Å². The lowest BCUT2D eigenvalue weighted by Gasteiger charge is -2.11. The van der Waals surface area contributed by atoms with Crippen molar-refractivity contribution in [2.45, 2.75) is 55.4 Å². The van der Waals surface area contributed by atoms with Gasteiger partial charge in [0, 0.05) is 0 Å². The van der Waals surface area contributed by atoms with Crippen LogP contribution in [0.25, 0.3) is 33.4 Å². The van der Waals surface area contributed by atoms with Gasteiger partial charge in [-0.15, -0.1) is 0 Å². The van der Waals surface area contributed by atoms with Crippen molar-refractivity contribution < 1.29 is 0 Å². The average molecular weight is 427 g/mol. The Kier molecular flexibility index (Phi) is 16.8. The molecule has 170 valence electrons. The summed E-state index contributed by atoms with van der Waals surface area (Å²) in [7, 11) is 0. The first-order valence-electron chi connectivity index (χ1n) is 12.2. The van der Waals surface area contributed by atoms with Crippen LogP contribution < -0.4 is 0 Å². The van der Waals surface area contributed by atoms with Gasteiger partial charge in [0.25, 0.3) is 0 Å². The minimum Gasteiger partial charge on any atom is -0.0683 e. The van der Waals surface area contributed by atoms with Crippen LogP contribution in [0.5, 0.6) is 0 Å². The maximum absolute atomic E-state index is 2.27. The second-order valence-corrected chi connectivity index (χ2v) is 5.90. The van der Waals surface area contributed by atoms with Gasteiger partial charge in [0.2, 0.25) is 0 Å². The van der Waals surface area contributed by atoms with Crippen molar-refractivity contribution in [1.29, 1.82) is 0 Å². The van der Waals surface area contributed by atoms with Crippen LogP contribution in [0.2, 0.25) is 0 Å². The Labute approximate surface area is 198 Å². The first-order chi connectivity index (χ1) is 15.9. The van der Waals surface area contributed by atoms with Crippen LogP contribution >= 0.6 is 0 Å². The second kappa shape index (κ2) is 18.6. The fourth-order valence-electron chi connectivity index (χ4n) is 3.02. The minimum atomic E-state index is 1.24. The van der Waals surface area contributed by atoms with Crippen LogP contribution in [0.4, 0.5) is 0 Å². The normalized spacial score (nSPS) is 8.62. The van der Waals surface area contributed by atoms with Crippen molar-refractivity contribution in [3.8, 4) is 33.4 Å². The summed E-state index contributed by atoms with van der Waals surface area (Å²) in [6, 6.07) is 38.5. The van der Waals surface area contributed by atoms with Gasteiger partial charge in [0.15, 0.2) is 0 Å². The van der Waals surface area contributed by atoms with Crippen molar-refractivity contribution in [3.05, 3.63) is 109 Å². The quantitative estimate of drug-likeness (QED) is 0.305. The Morgan fingerprint density at radius 1 is 0.250 bits per heavy atom. The van der Waals surface area contributed by atoms with Crippen molar-refractivity contribution in [3.63, 3.8) is 0 Å². The van der Waals surface area contributed by atoms with Gasteiger partial charge < -0.3 is 0 Å². The number of rotatable bonds is 3. The highest BCUT2D eigenvalue weighted by atomic mass is 14.1. The van der Waals surface area contributed by atoms with E-state index >= 15 is 0 Å². The van der Waals surface area contributed by atoms with Gasteiger partial charge in [-0.2, -0.15) is 0 Å². The van der Waals surface area contributed by atoms with Crippen molar-refractivity contribution in [2.75, 3.05) is 0 Å². The third-order valence-electron chi connectivity index (χ3n) is 4.25. The molecule has 0 saturated heterocycles. The SMILES string of the molecule is CC.CC.CC.CC.c1ccc(-c2cc(-c3ccccc3)cc(-c3ccccc3)c2)cc1. The molecule has 0 aromatic heterocycles. The standard InChI is InChI=1S/C24H18.4C2H6/c1-4-10-19(11-5-1)22-16-23(20-12-6-2-7-13-20)18-24(17-22)21-14-8-3-9-15-21;4*1-2/h1-18H;4*1-2H3. The van der Waals surface area contributed by atoms with Gasteiger partial charge in [-0.3, -0.25) is 0 Å². The molecule has 4 aromatic rings. The summed E-state index contributed by atoms with van der Waals surface area (Å²) in [6.45, 7) is 16.0. The van der Waals surface area contributed by atoms with Crippen LogP contribution in [0, 0.1) is 0 Å². The summed E-state index contributed by atoms with van der Waals surface area (Å²) in [5.74, 6) is 0. The Balaban J connectivity index is 0.00000109. The van der Waals surface area contributed by atoms with E-state index in [1.807, 2.05) is 55.4 Å². The molecule has 0 nitrogen and oxygen atoms in total. The van der Waals surface area contributed by atoms with Crippen LogP contribution in [0.15, 0.2) is 109 Å². The highest BCUT2D eigenvalue weighted by Gasteiger charge is 2.06. The van der Waals surface area contributed by atoms with Gasteiger partial charge >= 0.3 is 0 Å². The Morgan fingerprint density at radius 3 is 0.625 bits per heavy atom. The lowest BCUT2D eigenvalue weighted by molar-refractivity contribution is 1.50. The van der Waals surface area contributed by atoms with E-state index in [4.69, 9.17) is 0 Å². The smallest absolute Gasteiger partial charge is 0.0172 e. The van der Waals surface area contributed by atoms with Crippen LogP contribution in [-0.2, 0) is 0 Å². The van der Waals surface area contributed by atoms with E-state index in [1.54, 1.807) is 0 Å². The zero-order chi connectivity index (χ0) is 24.2. The number of hydrogen-bond donors (Lipinski definition) is 0. The van der Waals surface area contributed by atoms with E-state index in [2.05, 4.69) is 109 Å². The predicted molar refractivity (Wildman–Crippen MR) is 148 cm³/mol. The Hall–Kier alpha value is -3.12. The summed E-state index contributed by atoms with van der Waals surface area (Å²) in [5.41, 5.74) is 7.47. The van der Waals surface area contributed by atoms with E-state index in [9.17, 15) is 0 Å². The molecule has 0 aliphatic heterocycles. The lowest BCUT2D eigenvalue weighted by Crippen LogP contribution is -1.85. The van der Waals surface area contributed by atoms with Crippen molar-refractivity contribution in [1.82, 2.24) is 0 Å². The molecule has 0 saturated carbocycles. The molecule has 0 bridgehead atoms. The van der Waals surface area contributed by atoms with Crippen molar-refractivity contribution in [2.24, 2.45) is 0 Å². The molecule has 0 unspecified atom stereocenters. The summed E-state index contributed by atoms with van der Waals surface area (Å²) in [6.07, 6.45) is 0. The van der Waals surface area contributed by atoms with E-state index in [-0.39, 0.29) is 0 Å². The van der Waals surface area contributed by atoms with Gasteiger partial charge in [-0.05, 0) is 51.6 Å². The van der Waals surface area contributed by atoms with E-state index < -0.39 is 0 Å². The molecular formula is C32H42. The van der Waals surface area contributed by atoms with Crippen LogP contribution in [0.1, 0.15) is 55.4 Å². The summed E-state index contributed by atoms with van der Waals surface area (Å²) < 4.78 is 0. The maximum Gasteiger partial charge on any atom is -0.0172 e. The van der Waals surface area contributed by atoms with E-state index in [0.29, 0.717) is 0 Å². The molecule has 0 radical (unpaired) electrons. The largest absolute Gasteiger partial charge is 0.0683 e. The summed E-state index contributed by atoms with van der Waals surface area (Å²) in [5, 5.41) is 0. The highest BCUT2D eigenvalue weighted by Crippen LogP contribution is 2.32. The van der Waals surface area contributed by atoms with E-state index in [1.165, 1.54) is 33.4 Å². The molecule has 4 rings (SSSR count). The minimum absolute atomic E-state index is 1.24. The Morgan fingerprint density at radius 2 is 0.438 bits per heavy atom. The fourth-order valence-corrected chi connectivity index (χ4v) is 3.02. The molecule has 0 atom stereocenters. The first-order valence-corrected chi connectivity index (χ1v) is 12.2. The number of benzene rings is 4. The molecule has 0 heteroatoms. The molecule has 0 aliphatic carbocycles. The van der Waals surface area contributed by atoms with Crippen LogP contribution in [-0.4, -0.2) is 0 Å². The van der Waals surface area contributed by atoms with Crippen LogP contribution in [0.3, 0.4) is 0 Å². The molecule has 0 amide bonds. The topological polar surface area (TPSA) is 0 Å². The molecule has 0 spiro atoms. The number of hydrogen-bond acceptors (Lipinski definition) is 0. The first kappa shape index (κ1) is 28.9. The molecule has 0 fully saturated rings. The van der Waals surface area contributed by atoms with Gasteiger partial charge in [-0.25, -0.2) is 0 Å². The molecule has 0 N–H and O–H groups in total. The van der Waals surface area contributed by atoms with E-state index in [0.717, 1.165) is 0 Å². The molecule has 0 heterocycles. The Bertz CT molecular complexity index is 784. The molecule has 0 aliphatic rings. The predicted octanol–water partition coefficient (Wildman–Crippen LogP) is 10.8. The lowest BCUT2D eigenvalue weighted by atomic mass is 9.93. The zero-order valence-electron chi connectivity index (χ0n) is 21.4. The fraction of sp³-hybridized carbons (Fsp3) is 0.250. The average Bonchev–Trinajstić information content (AvgIpc) is 2.94. The summed E-state index contributed by atoms with van der Waals surface area (Å²) in [4.78, 5) is 0. The third kappa shape index (κ3) is 8.94. The maximum atomic E-state index is 2.27. The molecule has 32 heavy (non-hydrogen) atoms. The molecule has 4 aromatic carbocycles. The van der Waals surface area contributed by atoms with Gasteiger partial charge in [-0.1, -0.05) is 146 Å².